The average molecular weight is 379 g/mol. The lowest BCUT2D eigenvalue weighted by molar-refractivity contribution is -0.144. The molecule has 0 aliphatic rings. The van der Waals surface area contributed by atoms with Crippen LogP contribution in [0, 0.1) is 6.92 Å². The Balaban J connectivity index is 1.87. The zero-order valence-corrected chi connectivity index (χ0v) is 15.2. The molecule has 2 aromatic heterocycles. The first kappa shape index (κ1) is 17.4. The molecule has 0 spiro atoms. The summed E-state index contributed by atoms with van der Waals surface area (Å²) in [6.07, 6.45) is 0. The van der Waals surface area contributed by atoms with Crippen LogP contribution in [0.5, 0.6) is 0 Å². The summed E-state index contributed by atoms with van der Waals surface area (Å²) in [5.41, 5.74) is 1.75. The molecule has 130 valence electrons. The second-order valence-electron chi connectivity index (χ2n) is 5.32. The second kappa shape index (κ2) is 7.25. The Kier molecular flexibility index (Phi) is 5.06. The van der Waals surface area contributed by atoms with Gasteiger partial charge in [-0.2, -0.15) is 5.10 Å². The summed E-state index contributed by atoms with van der Waals surface area (Å²) in [6.45, 7) is 1.97. The molecule has 3 aromatic rings. The van der Waals surface area contributed by atoms with Crippen LogP contribution in [-0.4, -0.2) is 35.4 Å². The van der Waals surface area contributed by atoms with Gasteiger partial charge in [0.2, 0.25) is 0 Å². The molecule has 3 rings (SSSR count). The Hall–Kier alpha value is -2.38. The summed E-state index contributed by atoms with van der Waals surface area (Å²) in [4.78, 5) is 24.4. The molecule has 1 aromatic carbocycles. The van der Waals surface area contributed by atoms with E-state index in [2.05, 4.69) is 9.84 Å². The Labute approximate surface area is 152 Å². The van der Waals surface area contributed by atoms with E-state index in [0.29, 0.717) is 16.4 Å². The number of aryl methyl sites for hydroxylation is 1. The van der Waals surface area contributed by atoms with Crippen LogP contribution < -0.4 is 0 Å². The molecular formula is C17H15ClN2O4S. The molecule has 0 fully saturated rings. The Morgan fingerprint density at radius 1 is 1.32 bits per heavy atom. The predicted octanol–water partition coefficient (Wildman–Crippen LogP) is 3.44. The number of hydrogen-bond donors (Lipinski definition) is 0. The summed E-state index contributed by atoms with van der Waals surface area (Å²) in [6, 6.07) is 9.28. The molecule has 0 saturated heterocycles. The van der Waals surface area contributed by atoms with Crippen LogP contribution in [0.25, 0.3) is 10.2 Å². The van der Waals surface area contributed by atoms with E-state index in [0.717, 1.165) is 21.5 Å². The van der Waals surface area contributed by atoms with E-state index in [1.54, 1.807) is 6.07 Å². The zero-order chi connectivity index (χ0) is 18.0. The van der Waals surface area contributed by atoms with E-state index in [9.17, 15) is 9.59 Å². The molecule has 0 radical (unpaired) electrons. The molecule has 2 heterocycles. The fraction of sp³-hybridized carbons (Fsp3) is 0.235. The number of hydrogen-bond acceptors (Lipinski definition) is 6. The molecule has 0 atom stereocenters. The van der Waals surface area contributed by atoms with Gasteiger partial charge in [-0.05, 0) is 24.6 Å². The number of aromatic nitrogens is 2. The first-order valence-corrected chi connectivity index (χ1v) is 8.63. The van der Waals surface area contributed by atoms with Crippen molar-refractivity contribution in [3.8, 4) is 0 Å². The van der Waals surface area contributed by atoms with Gasteiger partial charge in [0, 0.05) is 10.4 Å². The van der Waals surface area contributed by atoms with Crippen molar-refractivity contribution in [2.75, 3.05) is 13.7 Å². The van der Waals surface area contributed by atoms with Crippen molar-refractivity contribution in [2.24, 2.45) is 0 Å². The van der Waals surface area contributed by atoms with Crippen LogP contribution in [0.15, 0.2) is 30.3 Å². The van der Waals surface area contributed by atoms with Crippen LogP contribution in [0.4, 0.5) is 0 Å². The van der Waals surface area contributed by atoms with Gasteiger partial charge in [0.1, 0.15) is 9.71 Å². The first-order chi connectivity index (χ1) is 12.0. The normalized spacial score (nSPS) is 10.8. The summed E-state index contributed by atoms with van der Waals surface area (Å²) in [5.74, 6) is -1.16. The molecule has 0 aliphatic carbocycles. The third kappa shape index (κ3) is 3.67. The molecule has 8 heteroatoms. The molecule has 0 bridgehead atoms. The summed E-state index contributed by atoms with van der Waals surface area (Å²) < 4.78 is 11.2. The highest BCUT2D eigenvalue weighted by atomic mass is 35.5. The zero-order valence-electron chi connectivity index (χ0n) is 13.6. The van der Waals surface area contributed by atoms with Gasteiger partial charge in [-0.3, -0.25) is 4.68 Å². The molecule has 0 aliphatic heterocycles. The van der Waals surface area contributed by atoms with E-state index in [1.165, 1.54) is 18.4 Å². The fourth-order valence-electron chi connectivity index (χ4n) is 2.36. The van der Waals surface area contributed by atoms with Crippen molar-refractivity contribution in [3.05, 3.63) is 51.5 Å². The van der Waals surface area contributed by atoms with E-state index in [4.69, 9.17) is 16.3 Å². The molecule has 0 unspecified atom stereocenters. The highest BCUT2D eigenvalue weighted by Gasteiger charge is 2.18. The van der Waals surface area contributed by atoms with Gasteiger partial charge in [-0.25, -0.2) is 9.59 Å². The average Bonchev–Trinajstić information content (AvgIpc) is 3.16. The SMILES string of the molecule is COC(=O)COC(=O)c1cc2c(C)nn(Cc3ccccc3Cl)c2s1. The topological polar surface area (TPSA) is 70.4 Å². The summed E-state index contributed by atoms with van der Waals surface area (Å²) in [7, 11) is 1.24. The van der Waals surface area contributed by atoms with E-state index in [1.807, 2.05) is 35.9 Å². The van der Waals surface area contributed by atoms with Gasteiger partial charge in [-0.15, -0.1) is 11.3 Å². The summed E-state index contributed by atoms with van der Waals surface area (Å²) >= 11 is 7.48. The number of rotatable bonds is 5. The van der Waals surface area contributed by atoms with Crippen molar-refractivity contribution in [3.63, 3.8) is 0 Å². The van der Waals surface area contributed by atoms with Crippen molar-refractivity contribution >= 4 is 45.1 Å². The number of carbonyl (C=O) groups excluding carboxylic acids is 2. The number of carbonyl (C=O) groups is 2. The Morgan fingerprint density at radius 2 is 2.08 bits per heavy atom. The highest BCUT2D eigenvalue weighted by molar-refractivity contribution is 7.20. The minimum atomic E-state index is -0.601. The Bertz CT molecular complexity index is 947. The van der Waals surface area contributed by atoms with E-state index in [-0.39, 0.29) is 0 Å². The number of ether oxygens (including phenoxy) is 2. The maximum absolute atomic E-state index is 12.1. The number of benzene rings is 1. The lowest BCUT2D eigenvalue weighted by Crippen LogP contribution is -2.14. The fourth-order valence-corrected chi connectivity index (χ4v) is 3.61. The van der Waals surface area contributed by atoms with Crippen molar-refractivity contribution in [2.45, 2.75) is 13.5 Å². The highest BCUT2D eigenvalue weighted by Crippen LogP contribution is 2.30. The van der Waals surface area contributed by atoms with Gasteiger partial charge in [0.25, 0.3) is 0 Å². The number of nitrogens with zero attached hydrogens (tertiary/aromatic N) is 2. The maximum Gasteiger partial charge on any atom is 0.348 e. The number of halogens is 1. The quantitative estimate of drug-likeness (QED) is 0.636. The van der Waals surface area contributed by atoms with Crippen LogP contribution in [0.3, 0.4) is 0 Å². The van der Waals surface area contributed by atoms with E-state index < -0.39 is 18.5 Å². The standard InChI is InChI=1S/C17H15ClN2O4S/c1-10-12-7-14(17(22)24-9-15(21)23-2)25-16(12)20(19-10)8-11-5-3-4-6-13(11)18/h3-7H,8-9H2,1-2H3. The lowest BCUT2D eigenvalue weighted by Gasteiger charge is -2.05. The number of esters is 2. The van der Waals surface area contributed by atoms with E-state index >= 15 is 0 Å². The lowest BCUT2D eigenvalue weighted by atomic mass is 10.2. The van der Waals surface area contributed by atoms with Crippen molar-refractivity contribution < 1.29 is 19.1 Å². The van der Waals surface area contributed by atoms with Crippen LogP contribution >= 0.6 is 22.9 Å². The second-order valence-corrected chi connectivity index (χ2v) is 6.75. The minimum absolute atomic E-state index is 0.408. The number of methoxy groups -OCH3 is 1. The number of thiophene rings is 1. The minimum Gasteiger partial charge on any atom is -0.466 e. The van der Waals surface area contributed by atoms with Gasteiger partial charge >= 0.3 is 11.9 Å². The molecule has 0 saturated carbocycles. The predicted molar refractivity (Wildman–Crippen MR) is 95.2 cm³/mol. The summed E-state index contributed by atoms with van der Waals surface area (Å²) in [5, 5.41) is 6.06. The molecule has 6 nitrogen and oxygen atoms in total. The van der Waals surface area contributed by atoms with Gasteiger partial charge in [-0.1, -0.05) is 29.8 Å². The third-order valence-corrected chi connectivity index (χ3v) is 5.13. The van der Waals surface area contributed by atoms with Crippen LogP contribution in [0.1, 0.15) is 20.9 Å². The molecule has 0 amide bonds. The first-order valence-electron chi connectivity index (χ1n) is 7.44. The Morgan fingerprint density at radius 3 is 2.80 bits per heavy atom. The van der Waals surface area contributed by atoms with Crippen molar-refractivity contribution in [1.29, 1.82) is 0 Å². The molecular weight excluding hydrogens is 364 g/mol. The smallest absolute Gasteiger partial charge is 0.348 e. The maximum atomic E-state index is 12.1. The van der Waals surface area contributed by atoms with Gasteiger partial charge < -0.3 is 9.47 Å². The van der Waals surface area contributed by atoms with Crippen molar-refractivity contribution in [1.82, 2.24) is 9.78 Å². The van der Waals surface area contributed by atoms with Gasteiger partial charge in [0.15, 0.2) is 6.61 Å². The monoisotopic (exact) mass is 378 g/mol. The largest absolute Gasteiger partial charge is 0.466 e. The third-order valence-electron chi connectivity index (χ3n) is 3.64. The molecule has 25 heavy (non-hydrogen) atoms. The molecule has 0 N–H and O–H groups in total. The van der Waals surface area contributed by atoms with Gasteiger partial charge in [0.05, 0.1) is 19.3 Å². The number of fused-ring (bicyclic) bond motifs is 1. The van der Waals surface area contributed by atoms with Crippen LogP contribution in [-0.2, 0) is 20.8 Å². The van der Waals surface area contributed by atoms with Crippen LogP contribution in [0.2, 0.25) is 5.02 Å².